The second-order valence-electron chi connectivity index (χ2n) is 4.83. The number of benzene rings is 2. The molecule has 0 spiro atoms. The van der Waals surface area contributed by atoms with Gasteiger partial charge in [-0.1, -0.05) is 29.3 Å². The summed E-state index contributed by atoms with van der Waals surface area (Å²) in [6.45, 7) is 0. The molecule has 2 aromatic carbocycles. The molecule has 6 heteroatoms. The lowest BCUT2D eigenvalue weighted by Gasteiger charge is -2.17. The Morgan fingerprint density at radius 1 is 1.19 bits per heavy atom. The summed E-state index contributed by atoms with van der Waals surface area (Å²) in [4.78, 5) is 4.51. The molecule has 0 amide bonds. The summed E-state index contributed by atoms with van der Waals surface area (Å²) in [5.41, 5.74) is 2.45. The summed E-state index contributed by atoms with van der Waals surface area (Å²) in [7, 11) is 0. The van der Waals surface area contributed by atoms with Gasteiger partial charge in [0.25, 0.3) is 0 Å². The van der Waals surface area contributed by atoms with Gasteiger partial charge < -0.3 is 4.57 Å². The Bertz CT molecular complexity index is 842. The van der Waals surface area contributed by atoms with Gasteiger partial charge in [0.05, 0.1) is 16.8 Å². The van der Waals surface area contributed by atoms with Crippen LogP contribution < -0.4 is 0 Å². The lowest BCUT2D eigenvalue weighted by Crippen LogP contribution is -2.04. The zero-order valence-electron chi connectivity index (χ0n) is 10.7. The van der Waals surface area contributed by atoms with E-state index in [0.717, 1.165) is 22.7 Å². The van der Waals surface area contributed by atoms with Crippen LogP contribution in [-0.4, -0.2) is 9.55 Å². The van der Waals surface area contributed by atoms with Gasteiger partial charge in [0.1, 0.15) is 17.0 Å². The van der Waals surface area contributed by atoms with E-state index in [-0.39, 0.29) is 11.2 Å². The number of hydrogen-bond donors (Lipinski definition) is 0. The Hall–Kier alpha value is -1.23. The molecular weight excluding hydrogens is 330 g/mol. The molecule has 21 heavy (non-hydrogen) atoms. The summed E-state index contributed by atoms with van der Waals surface area (Å²) in [6.07, 6.45) is 0. The fourth-order valence-corrected chi connectivity index (χ4v) is 4.72. The number of hydrogen-bond acceptors (Lipinski definition) is 2. The number of thioether (sulfide) groups is 1. The summed E-state index contributed by atoms with van der Waals surface area (Å²) >= 11 is 14.4. The van der Waals surface area contributed by atoms with Crippen molar-refractivity contribution in [3.05, 3.63) is 63.6 Å². The molecule has 0 bridgehead atoms. The van der Waals surface area contributed by atoms with Crippen LogP contribution in [0, 0.1) is 5.82 Å². The molecule has 1 aromatic heterocycles. The van der Waals surface area contributed by atoms with E-state index in [1.807, 2.05) is 18.2 Å². The SMILES string of the molecule is Fc1ccc2c(c1)nc1n2C(c2c(Cl)cccc2Cl)SC1. The first kappa shape index (κ1) is 13.4. The molecule has 0 fully saturated rings. The molecule has 1 atom stereocenters. The van der Waals surface area contributed by atoms with Gasteiger partial charge in [-0.15, -0.1) is 11.8 Å². The molecule has 4 rings (SSSR count). The maximum atomic E-state index is 13.4. The van der Waals surface area contributed by atoms with Crippen molar-refractivity contribution in [1.82, 2.24) is 9.55 Å². The summed E-state index contributed by atoms with van der Waals surface area (Å²) in [6, 6.07) is 10.2. The van der Waals surface area contributed by atoms with Gasteiger partial charge in [-0.05, 0) is 24.3 Å². The first-order chi connectivity index (χ1) is 10.1. The van der Waals surface area contributed by atoms with E-state index < -0.39 is 0 Å². The maximum absolute atomic E-state index is 13.4. The standard InChI is InChI=1S/C15H9Cl2FN2S/c16-9-2-1-3-10(17)14(9)15-20-12-5-4-8(18)6-11(12)19-13(20)7-21-15/h1-6,15H,7H2. The highest BCUT2D eigenvalue weighted by molar-refractivity contribution is 7.99. The zero-order valence-corrected chi connectivity index (χ0v) is 13.0. The zero-order chi connectivity index (χ0) is 14.6. The highest BCUT2D eigenvalue weighted by Crippen LogP contribution is 2.47. The van der Waals surface area contributed by atoms with Crippen LogP contribution in [-0.2, 0) is 5.75 Å². The molecule has 1 aliphatic heterocycles. The van der Waals surface area contributed by atoms with Crippen LogP contribution in [0.4, 0.5) is 4.39 Å². The quantitative estimate of drug-likeness (QED) is 0.601. The third kappa shape index (κ3) is 2.05. The predicted octanol–water partition coefficient (Wildman–Crippen LogP) is 5.28. The van der Waals surface area contributed by atoms with Gasteiger partial charge in [-0.2, -0.15) is 0 Å². The van der Waals surface area contributed by atoms with Crippen LogP contribution in [0.5, 0.6) is 0 Å². The van der Waals surface area contributed by atoms with Crippen LogP contribution >= 0.6 is 35.0 Å². The molecule has 1 unspecified atom stereocenters. The van der Waals surface area contributed by atoms with Gasteiger partial charge in [0.2, 0.25) is 0 Å². The average molecular weight is 339 g/mol. The number of aromatic nitrogens is 2. The first-order valence-corrected chi connectivity index (χ1v) is 8.17. The van der Waals surface area contributed by atoms with Gasteiger partial charge in [-0.25, -0.2) is 9.37 Å². The van der Waals surface area contributed by atoms with Crippen LogP contribution in [0.15, 0.2) is 36.4 Å². The molecule has 0 saturated carbocycles. The normalized spacial score (nSPS) is 17.4. The molecule has 0 N–H and O–H groups in total. The Balaban J connectivity index is 1.95. The molecule has 3 aromatic rings. The largest absolute Gasteiger partial charge is 0.310 e. The lowest BCUT2D eigenvalue weighted by atomic mass is 10.2. The van der Waals surface area contributed by atoms with E-state index in [0.29, 0.717) is 15.6 Å². The number of nitrogens with zero attached hydrogens (tertiary/aromatic N) is 2. The Kier molecular flexibility index (Phi) is 3.14. The van der Waals surface area contributed by atoms with Crippen LogP contribution in [0.3, 0.4) is 0 Å². The third-order valence-corrected chi connectivity index (χ3v) is 5.42. The fraction of sp³-hybridized carbons (Fsp3) is 0.133. The summed E-state index contributed by atoms with van der Waals surface area (Å²) in [5, 5.41) is 1.24. The van der Waals surface area contributed by atoms with E-state index in [1.54, 1.807) is 17.8 Å². The molecule has 0 saturated heterocycles. The molecular formula is C15H9Cl2FN2S. The second kappa shape index (κ2) is 4.90. The van der Waals surface area contributed by atoms with Crippen molar-refractivity contribution in [3.8, 4) is 0 Å². The van der Waals surface area contributed by atoms with Crippen LogP contribution in [0.2, 0.25) is 10.0 Å². The Morgan fingerprint density at radius 2 is 1.95 bits per heavy atom. The monoisotopic (exact) mass is 338 g/mol. The maximum Gasteiger partial charge on any atom is 0.125 e. The Labute approximate surface area is 134 Å². The van der Waals surface area contributed by atoms with Crippen molar-refractivity contribution < 1.29 is 4.39 Å². The minimum Gasteiger partial charge on any atom is -0.310 e. The molecule has 1 aliphatic rings. The van der Waals surface area contributed by atoms with Crippen LogP contribution in [0.25, 0.3) is 11.0 Å². The van der Waals surface area contributed by atoms with E-state index in [4.69, 9.17) is 23.2 Å². The Morgan fingerprint density at radius 3 is 2.71 bits per heavy atom. The van der Waals surface area contributed by atoms with Crippen molar-refractivity contribution in [3.63, 3.8) is 0 Å². The van der Waals surface area contributed by atoms with E-state index >= 15 is 0 Å². The van der Waals surface area contributed by atoms with Crippen molar-refractivity contribution in [1.29, 1.82) is 0 Å². The second-order valence-corrected chi connectivity index (χ2v) is 6.71. The van der Waals surface area contributed by atoms with Gasteiger partial charge >= 0.3 is 0 Å². The van der Waals surface area contributed by atoms with E-state index in [9.17, 15) is 4.39 Å². The average Bonchev–Trinajstić information content (AvgIpc) is 2.97. The lowest BCUT2D eigenvalue weighted by molar-refractivity contribution is 0.629. The van der Waals surface area contributed by atoms with E-state index in [2.05, 4.69) is 9.55 Å². The van der Waals surface area contributed by atoms with Crippen LogP contribution in [0.1, 0.15) is 16.8 Å². The number of rotatable bonds is 1. The molecule has 2 heterocycles. The minimum atomic E-state index is -0.278. The number of halogens is 3. The molecule has 106 valence electrons. The van der Waals surface area contributed by atoms with Crippen molar-refractivity contribution in [2.24, 2.45) is 0 Å². The smallest absolute Gasteiger partial charge is 0.125 e. The molecule has 0 aliphatic carbocycles. The highest BCUT2D eigenvalue weighted by Gasteiger charge is 2.30. The minimum absolute atomic E-state index is 0.0309. The van der Waals surface area contributed by atoms with Crippen molar-refractivity contribution in [2.75, 3.05) is 0 Å². The topological polar surface area (TPSA) is 17.8 Å². The van der Waals surface area contributed by atoms with Gasteiger partial charge in [0, 0.05) is 21.7 Å². The van der Waals surface area contributed by atoms with E-state index in [1.165, 1.54) is 12.1 Å². The number of fused-ring (bicyclic) bond motifs is 3. The van der Waals surface area contributed by atoms with Gasteiger partial charge in [-0.3, -0.25) is 0 Å². The third-order valence-electron chi connectivity index (χ3n) is 3.58. The molecule has 0 radical (unpaired) electrons. The first-order valence-electron chi connectivity index (χ1n) is 6.37. The predicted molar refractivity (Wildman–Crippen MR) is 85.6 cm³/mol. The number of imidazole rings is 1. The highest BCUT2D eigenvalue weighted by atomic mass is 35.5. The molecule has 2 nitrogen and oxygen atoms in total. The summed E-state index contributed by atoms with van der Waals surface area (Å²) < 4.78 is 15.4. The fourth-order valence-electron chi connectivity index (χ4n) is 2.67. The van der Waals surface area contributed by atoms with Gasteiger partial charge in [0.15, 0.2) is 0 Å². The van der Waals surface area contributed by atoms with Crippen molar-refractivity contribution in [2.45, 2.75) is 11.1 Å². The van der Waals surface area contributed by atoms with Crippen molar-refractivity contribution >= 4 is 46.0 Å². The summed E-state index contributed by atoms with van der Waals surface area (Å²) in [5.74, 6) is 1.39.